The fraction of sp³-hybridized carbons (Fsp3) is 0.588. The third-order valence-electron chi connectivity index (χ3n) is 4.12. The number of carbonyl (C=O) groups is 1. The van der Waals surface area contributed by atoms with Gasteiger partial charge in [0.15, 0.2) is 0 Å². The Morgan fingerprint density at radius 3 is 2.23 bits per heavy atom. The Hall–Kier alpha value is -1.57. The lowest BCUT2D eigenvalue weighted by Gasteiger charge is -2.39. The number of aliphatic hydroxyl groups is 1. The molecule has 0 amide bonds. The minimum Gasteiger partial charge on any atom is -0.460 e. The van der Waals surface area contributed by atoms with Crippen molar-refractivity contribution in [3.63, 3.8) is 0 Å². The van der Waals surface area contributed by atoms with Gasteiger partial charge in [0.1, 0.15) is 5.60 Å². The fourth-order valence-corrected chi connectivity index (χ4v) is 3.64. The van der Waals surface area contributed by atoms with Crippen molar-refractivity contribution in [2.75, 3.05) is 18.0 Å². The molecule has 0 aromatic heterocycles. The lowest BCUT2D eigenvalue weighted by molar-refractivity contribution is -0.384. The molecule has 9 heteroatoms. The largest absolute Gasteiger partial charge is 0.460 e. The first-order valence-electron chi connectivity index (χ1n) is 8.23. The lowest BCUT2D eigenvalue weighted by Crippen LogP contribution is -2.46. The first-order chi connectivity index (χ1) is 11.9. The molecule has 0 unspecified atom stereocenters. The van der Waals surface area contributed by atoms with Crippen molar-refractivity contribution in [2.45, 2.75) is 51.2 Å². The van der Waals surface area contributed by atoms with Gasteiger partial charge in [0.05, 0.1) is 32.7 Å². The molecule has 1 aromatic rings. The van der Waals surface area contributed by atoms with E-state index < -0.39 is 22.1 Å². The lowest BCUT2D eigenvalue weighted by atomic mass is 9.88. The normalized spacial score (nSPS) is 17.1. The molecule has 0 radical (unpaired) electrons. The smallest absolute Gasteiger partial charge is 0.309 e. The van der Waals surface area contributed by atoms with Crippen LogP contribution in [-0.4, -0.2) is 40.3 Å². The summed E-state index contributed by atoms with van der Waals surface area (Å²) in [5.74, 6) is -0.445. The van der Waals surface area contributed by atoms with E-state index >= 15 is 0 Å². The number of hydrogen-bond donors (Lipinski definition) is 1. The number of halogens is 2. The van der Waals surface area contributed by atoms with Gasteiger partial charge in [0.25, 0.3) is 5.69 Å². The summed E-state index contributed by atoms with van der Waals surface area (Å²) in [6.07, 6.45) is 0.575. The maximum Gasteiger partial charge on any atom is 0.309 e. The summed E-state index contributed by atoms with van der Waals surface area (Å²) in [5.41, 5.74) is -1.44. The second kappa shape index (κ2) is 7.58. The molecule has 1 saturated heterocycles. The van der Waals surface area contributed by atoms with Crippen molar-refractivity contribution in [1.82, 2.24) is 0 Å². The quantitative estimate of drug-likeness (QED) is 0.463. The Bertz CT molecular complexity index is 687. The third kappa shape index (κ3) is 5.22. The highest BCUT2D eigenvalue weighted by atomic mass is 35.5. The monoisotopic (exact) mass is 404 g/mol. The molecule has 1 fully saturated rings. The summed E-state index contributed by atoms with van der Waals surface area (Å²) < 4.78 is 5.27. The molecule has 1 heterocycles. The molecule has 0 aliphatic carbocycles. The van der Waals surface area contributed by atoms with Crippen LogP contribution in [0.2, 0.25) is 10.0 Å². The van der Waals surface area contributed by atoms with E-state index in [0.717, 1.165) is 0 Å². The number of carbonyl (C=O) groups excluding carboxylic acids is 1. The van der Waals surface area contributed by atoms with Gasteiger partial charge >= 0.3 is 5.97 Å². The summed E-state index contributed by atoms with van der Waals surface area (Å²) in [5, 5.41) is 21.9. The van der Waals surface area contributed by atoms with Crippen LogP contribution in [0.25, 0.3) is 0 Å². The van der Waals surface area contributed by atoms with Crippen molar-refractivity contribution >= 4 is 40.5 Å². The molecular formula is C17H22Cl2N2O5. The number of piperidine rings is 1. The van der Waals surface area contributed by atoms with E-state index in [0.29, 0.717) is 31.6 Å². The minimum atomic E-state index is -1.15. The van der Waals surface area contributed by atoms with Crippen molar-refractivity contribution in [3.05, 3.63) is 32.3 Å². The predicted octanol–water partition coefficient (Wildman–Crippen LogP) is 3.96. The van der Waals surface area contributed by atoms with Crippen molar-refractivity contribution < 1.29 is 19.6 Å². The molecule has 2 rings (SSSR count). The molecule has 0 atom stereocenters. The molecule has 0 bridgehead atoms. The summed E-state index contributed by atoms with van der Waals surface area (Å²) in [6.45, 7) is 6.15. The number of nitro groups is 1. The maximum absolute atomic E-state index is 12.0. The molecule has 0 saturated carbocycles. The van der Waals surface area contributed by atoms with Crippen LogP contribution >= 0.6 is 23.2 Å². The second-order valence-electron chi connectivity index (χ2n) is 7.49. The Kier molecular flexibility index (Phi) is 6.05. The van der Waals surface area contributed by atoms with Crippen molar-refractivity contribution in [3.8, 4) is 0 Å². The zero-order valence-corrected chi connectivity index (χ0v) is 16.4. The molecular weight excluding hydrogens is 383 g/mol. The van der Waals surface area contributed by atoms with Gasteiger partial charge in [-0.15, -0.1) is 0 Å². The van der Waals surface area contributed by atoms with Crippen molar-refractivity contribution in [1.29, 1.82) is 0 Å². The van der Waals surface area contributed by atoms with Crippen LogP contribution in [0.4, 0.5) is 11.4 Å². The highest BCUT2D eigenvalue weighted by Gasteiger charge is 2.37. The van der Waals surface area contributed by atoms with Crippen LogP contribution in [0.1, 0.15) is 40.0 Å². The van der Waals surface area contributed by atoms with E-state index in [2.05, 4.69) is 0 Å². The predicted molar refractivity (Wildman–Crippen MR) is 100.0 cm³/mol. The first kappa shape index (κ1) is 20.7. The van der Waals surface area contributed by atoms with E-state index in [1.54, 1.807) is 20.8 Å². The number of hydrogen-bond acceptors (Lipinski definition) is 6. The number of nitrogens with zero attached hydrogens (tertiary/aromatic N) is 2. The molecule has 26 heavy (non-hydrogen) atoms. The Morgan fingerprint density at radius 1 is 1.31 bits per heavy atom. The third-order valence-corrected chi connectivity index (χ3v) is 4.69. The number of esters is 1. The molecule has 1 aliphatic heterocycles. The molecule has 144 valence electrons. The summed E-state index contributed by atoms with van der Waals surface area (Å²) in [7, 11) is 0. The van der Waals surface area contributed by atoms with Gasteiger partial charge in [0, 0.05) is 25.2 Å². The highest BCUT2D eigenvalue weighted by Crippen LogP contribution is 2.40. The van der Waals surface area contributed by atoms with Crippen LogP contribution in [-0.2, 0) is 9.53 Å². The van der Waals surface area contributed by atoms with Gasteiger partial charge in [0.2, 0.25) is 0 Å². The van der Waals surface area contributed by atoms with Gasteiger partial charge in [-0.3, -0.25) is 14.9 Å². The number of ether oxygens (including phenoxy) is 1. The zero-order valence-electron chi connectivity index (χ0n) is 14.9. The number of non-ortho nitro benzene ring substituents is 1. The summed E-state index contributed by atoms with van der Waals surface area (Å²) >= 11 is 12.3. The van der Waals surface area contributed by atoms with Gasteiger partial charge in [-0.05, 0) is 33.6 Å². The number of anilines is 1. The standard InChI is InChI=1S/C17H22Cl2N2O5/c1-16(2,3)26-14(22)10-17(23)4-6-20(7-5-17)15-12(18)8-11(21(24)25)9-13(15)19/h8-9,23H,4-7,10H2,1-3H3. The van der Waals surface area contributed by atoms with Crippen LogP contribution in [0.5, 0.6) is 0 Å². The van der Waals surface area contributed by atoms with E-state index in [1.165, 1.54) is 12.1 Å². The van der Waals surface area contributed by atoms with Gasteiger partial charge in [-0.2, -0.15) is 0 Å². The van der Waals surface area contributed by atoms with Gasteiger partial charge < -0.3 is 14.7 Å². The Morgan fingerprint density at radius 2 is 1.81 bits per heavy atom. The summed E-state index contributed by atoms with van der Waals surface area (Å²) in [4.78, 5) is 24.2. The highest BCUT2D eigenvalue weighted by molar-refractivity contribution is 6.39. The maximum atomic E-state index is 12.0. The molecule has 0 spiro atoms. The zero-order chi connectivity index (χ0) is 19.7. The SMILES string of the molecule is CC(C)(C)OC(=O)CC1(O)CCN(c2c(Cl)cc([N+](=O)[O-])cc2Cl)CC1. The average molecular weight is 405 g/mol. The van der Waals surface area contributed by atoms with E-state index in [9.17, 15) is 20.0 Å². The van der Waals surface area contributed by atoms with Gasteiger partial charge in [-0.25, -0.2) is 0 Å². The van der Waals surface area contributed by atoms with E-state index in [4.69, 9.17) is 27.9 Å². The second-order valence-corrected chi connectivity index (χ2v) is 8.30. The van der Waals surface area contributed by atoms with Gasteiger partial charge in [-0.1, -0.05) is 23.2 Å². The first-order valence-corrected chi connectivity index (χ1v) is 8.98. The molecule has 7 nitrogen and oxygen atoms in total. The van der Waals surface area contributed by atoms with Crippen LogP contribution in [0.3, 0.4) is 0 Å². The number of nitro benzene ring substituents is 1. The van der Waals surface area contributed by atoms with E-state index in [1.807, 2.05) is 4.90 Å². The molecule has 1 aliphatic rings. The number of benzene rings is 1. The van der Waals surface area contributed by atoms with E-state index in [-0.39, 0.29) is 22.2 Å². The average Bonchev–Trinajstić information content (AvgIpc) is 2.46. The van der Waals surface area contributed by atoms with Crippen molar-refractivity contribution in [2.24, 2.45) is 0 Å². The minimum absolute atomic E-state index is 0.0835. The van der Waals surface area contributed by atoms with Crippen LogP contribution in [0, 0.1) is 10.1 Å². The fourth-order valence-electron chi connectivity index (χ4n) is 2.93. The van der Waals surface area contributed by atoms with Crippen LogP contribution in [0.15, 0.2) is 12.1 Å². The number of rotatable bonds is 4. The molecule has 1 N–H and O–H groups in total. The Balaban J connectivity index is 2.06. The molecule has 1 aromatic carbocycles. The van der Waals surface area contributed by atoms with Crippen LogP contribution < -0.4 is 4.90 Å². The topological polar surface area (TPSA) is 92.9 Å². The Labute approximate surface area is 162 Å². The summed E-state index contributed by atoms with van der Waals surface area (Å²) in [6, 6.07) is 2.51.